The molecule has 26 unspecified atom stereocenters. The third-order valence-electron chi connectivity index (χ3n) is 25.1. The SMILES string of the molecule is CC(=O)N[C@H]1[C@H](O[C@H]2CC[C@@]3(C)C(CC[C@]4(C)C3CC=C3[C@@H]5CC(C)(C)CC[C@]5(C(=O)OC5OCC(O)C(O)C5O)C(O)C[C@]34C)C2(C)C)O[C@H](COC2OC(C)C(O)C(OC3OCC(O)C(OC4OC(C)C(O)C(OC5OC(C)C(O)C(O)C5O)C4O)C3O)C2O)[C@@H](O)[C@@H]1O. The molecule has 0 aromatic heterocycles. The summed E-state index contributed by atoms with van der Waals surface area (Å²) in [6.45, 7) is 19.6. The van der Waals surface area contributed by atoms with Gasteiger partial charge in [-0.15, -0.1) is 0 Å². The molecule has 11 aliphatic rings. The Morgan fingerprint density at radius 3 is 1.75 bits per heavy atom. The van der Waals surface area contributed by atoms with Crippen LogP contribution in [0, 0.1) is 50.2 Å². The normalized spacial score (nSPS) is 54.1. The molecule has 37 atom stereocenters. The van der Waals surface area contributed by atoms with Crippen molar-refractivity contribution in [2.75, 3.05) is 19.8 Å². The van der Waals surface area contributed by atoms with Gasteiger partial charge in [0, 0.05) is 6.92 Å². The van der Waals surface area contributed by atoms with Gasteiger partial charge in [-0.05, 0) is 123 Å². The Balaban J connectivity index is 0.752. The highest BCUT2D eigenvalue weighted by molar-refractivity contribution is 5.80. The second-order valence-corrected chi connectivity index (χ2v) is 31.8. The summed E-state index contributed by atoms with van der Waals surface area (Å²) in [5.41, 5.74) is -2.22. The minimum atomic E-state index is -1.93. The van der Waals surface area contributed by atoms with Crippen molar-refractivity contribution in [1.82, 2.24) is 5.32 Å². The number of ether oxygens (including phenoxy) is 12. The van der Waals surface area contributed by atoms with E-state index in [1.165, 1.54) is 27.7 Å². The molecule has 6 aliphatic heterocycles. The van der Waals surface area contributed by atoms with Gasteiger partial charge in [0.1, 0.15) is 121 Å². The van der Waals surface area contributed by atoms with Gasteiger partial charge in [-0.25, -0.2) is 0 Å². The zero-order valence-corrected chi connectivity index (χ0v) is 56.5. The van der Waals surface area contributed by atoms with Crippen LogP contribution in [0.5, 0.6) is 0 Å². The molecule has 4 saturated carbocycles. The minimum Gasteiger partial charge on any atom is -0.432 e. The molecule has 0 spiro atoms. The van der Waals surface area contributed by atoms with Gasteiger partial charge in [0.05, 0.1) is 50.3 Å². The number of nitrogens with one attached hydrogen (secondary N) is 1. The van der Waals surface area contributed by atoms with Gasteiger partial charge in [0.15, 0.2) is 31.5 Å². The number of rotatable bonds is 14. The van der Waals surface area contributed by atoms with E-state index in [0.717, 1.165) is 18.4 Å². The first-order valence-corrected chi connectivity index (χ1v) is 34.3. The van der Waals surface area contributed by atoms with Crippen LogP contribution in [0.25, 0.3) is 0 Å². The van der Waals surface area contributed by atoms with E-state index in [2.05, 4.69) is 59.9 Å². The topological polar surface area (TPSA) is 460 Å². The molecular formula is C66H107NO29. The Bertz CT molecular complexity index is 2770. The van der Waals surface area contributed by atoms with Crippen molar-refractivity contribution in [2.24, 2.45) is 50.2 Å². The summed E-state index contributed by atoms with van der Waals surface area (Å²) in [5, 5.41) is 170. The summed E-state index contributed by atoms with van der Waals surface area (Å²) in [6.07, 6.45) is -36.7. The number of allylic oxidation sites excluding steroid dienone is 2. The van der Waals surface area contributed by atoms with Gasteiger partial charge in [-0.1, -0.05) is 60.1 Å². The lowest BCUT2D eigenvalue weighted by atomic mass is 9.33. The van der Waals surface area contributed by atoms with Crippen LogP contribution in [-0.2, 0) is 66.4 Å². The smallest absolute Gasteiger partial charge is 0.317 e. The van der Waals surface area contributed by atoms with E-state index in [0.29, 0.717) is 38.5 Å². The van der Waals surface area contributed by atoms with Crippen molar-refractivity contribution >= 4 is 11.9 Å². The van der Waals surface area contributed by atoms with Crippen LogP contribution >= 0.6 is 0 Å². The van der Waals surface area contributed by atoms with Gasteiger partial charge in [-0.2, -0.15) is 0 Å². The second kappa shape index (κ2) is 27.7. The molecule has 0 bridgehead atoms. The summed E-state index contributed by atoms with van der Waals surface area (Å²) in [7, 11) is 0. The lowest BCUT2D eigenvalue weighted by Gasteiger charge is -2.71. The maximum absolute atomic E-state index is 14.8. The van der Waals surface area contributed by atoms with Gasteiger partial charge in [-0.3, -0.25) is 9.59 Å². The van der Waals surface area contributed by atoms with E-state index in [1.54, 1.807) is 0 Å². The molecule has 10 fully saturated rings. The summed E-state index contributed by atoms with van der Waals surface area (Å²) in [4.78, 5) is 27.6. The molecular weight excluding hydrogens is 1270 g/mol. The number of hydrogen-bond donors (Lipinski definition) is 16. The first-order chi connectivity index (χ1) is 44.8. The van der Waals surface area contributed by atoms with Crippen molar-refractivity contribution in [3.05, 3.63) is 11.6 Å². The van der Waals surface area contributed by atoms with E-state index >= 15 is 0 Å². The van der Waals surface area contributed by atoms with E-state index in [1.807, 2.05) is 0 Å². The molecule has 0 aromatic rings. The number of carbonyl (C=O) groups excluding carboxylic acids is 2. The van der Waals surface area contributed by atoms with E-state index in [9.17, 15) is 86.2 Å². The molecule has 5 aliphatic carbocycles. The van der Waals surface area contributed by atoms with Crippen LogP contribution < -0.4 is 5.32 Å². The van der Waals surface area contributed by atoms with Gasteiger partial charge in [0.25, 0.3) is 0 Å². The van der Waals surface area contributed by atoms with Crippen LogP contribution in [0.15, 0.2) is 11.6 Å². The van der Waals surface area contributed by atoms with Crippen molar-refractivity contribution in [3.8, 4) is 0 Å². The summed E-state index contributed by atoms with van der Waals surface area (Å²) in [5.74, 6) is -1.49. The standard InChI is InChI=1S/C66H107NO29/c1-25-39(72)45(78)47(80)58(89-25)95-53-41(74)27(3)90-59(50(53)83)93-51-32(70)23-86-57(48(51)81)94-52-40(73)26(2)88-56(49(52)82)87-24-33-43(76)44(77)38(67-28(4)68)54(91-33)92-37-15-16-63(9)34(62(37,7)8)14-17-64(10)35(63)13-12-29-30-20-61(5,6)18-19-66(30,36(71)21-65(29,64)11)60(84)96-55-46(79)42(75)31(69)22-85-55/h12,25-27,30-59,69-83H,13-24H2,1-11H3,(H,67,68)/t25?,26?,27?,30-,31?,32?,33+,34?,35?,36?,37-,38+,39?,40?,41?,42?,43+,44+,45?,46?,47?,48?,49?,50?,51?,52?,53?,54-,55?,56?,57?,58?,59?,63-,64+,65+,66+/m0/s1. The fraction of sp³-hybridized carbons (Fsp3) is 0.939. The molecule has 96 heavy (non-hydrogen) atoms. The van der Waals surface area contributed by atoms with Crippen LogP contribution in [0.4, 0.5) is 0 Å². The van der Waals surface area contributed by atoms with Crippen molar-refractivity contribution in [2.45, 2.75) is 318 Å². The Hall–Kier alpha value is -2.36. The Morgan fingerprint density at radius 1 is 0.531 bits per heavy atom. The Labute approximate surface area is 558 Å². The van der Waals surface area contributed by atoms with Crippen LogP contribution in [0.2, 0.25) is 0 Å². The summed E-state index contributed by atoms with van der Waals surface area (Å²) >= 11 is 0. The van der Waals surface area contributed by atoms with Crippen LogP contribution in [0.3, 0.4) is 0 Å². The number of fused-ring (bicyclic) bond motifs is 7. The van der Waals surface area contributed by atoms with E-state index < -0.39 is 231 Å². The van der Waals surface area contributed by atoms with Gasteiger partial charge in [0.2, 0.25) is 12.2 Å². The molecule has 6 heterocycles. The average molecular weight is 1380 g/mol. The monoisotopic (exact) mass is 1380 g/mol. The van der Waals surface area contributed by atoms with Crippen molar-refractivity contribution < 1.29 is 143 Å². The zero-order chi connectivity index (χ0) is 70.2. The first kappa shape index (κ1) is 74.8. The molecule has 30 nitrogen and oxygen atoms in total. The fourth-order valence-electron chi connectivity index (χ4n) is 19.2. The Kier molecular flexibility index (Phi) is 21.6. The molecule has 11 rings (SSSR count). The lowest BCUT2D eigenvalue weighted by Crippen LogP contribution is -2.69. The first-order valence-electron chi connectivity index (χ1n) is 34.3. The number of aliphatic hydroxyl groups is 15. The number of esters is 1. The predicted molar refractivity (Wildman–Crippen MR) is 325 cm³/mol. The minimum absolute atomic E-state index is 0.0498. The van der Waals surface area contributed by atoms with Gasteiger partial charge >= 0.3 is 5.97 Å². The second-order valence-electron chi connectivity index (χ2n) is 31.8. The largest absolute Gasteiger partial charge is 0.432 e. The zero-order valence-electron chi connectivity index (χ0n) is 56.5. The maximum Gasteiger partial charge on any atom is 0.317 e. The lowest BCUT2D eigenvalue weighted by molar-refractivity contribution is -0.380. The molecule has 30 heteroatoms. The highest BCUT2D eigenvalue weighted by Crippen LogP contribution is 2.76. The van der Waals surface area contributed by atoms with Crippen molar-refractivity contribution in [3.63, 3.8) is 0 Å². The highest BCUT2D eigenvalue weighted by atomic mass is 16.8. The molecule has 6 saturated heterocycles. The summed E-state index contributed by atoms with van der Waals surface area (Å²) in [6, 6.07) is -1.27. The summed E-state index contributed by atoms with van der Waals surface area (Å²) < 4.78 is 71.5. The Morgan fingerprint density at radius 2 is 1.09 bits per heavy atom. The number of hydrogen-bond acceptors (Lipinski definition) is 29. The average Bonchev–Trinajstić information content (AvgIpc) is 0.672. The molecule has 0 aromatic carbocycles. The molecule has 1 amide bonds. The molecule has 550 valence electrons. The quantitative estimate of drug-likeness (QED) is 0.0471. The number of aliphatic hydroxyl groups excluding tert-OH is 15. The molecule has 16 N–H and O–H groups in total. The maximum atomic E-state index is 14.8. The van der Waals surface area contributed by atoms with Crippen LogP contribution in [-0.4, -0.2) is 292 Å². The third kappa shape index (κ3) is 12.9. The molecule has 0 radical (unpaired) electrons. The predicted octanol–water partition coefficient (Wildman–Crippen LogP) is -2.91. The number of amides is 1. The van der Waals surface area contributed by atoms with E-state index in [4.69, 9.17) is 56.8 Å². The fourth-order valence-corrected chi connectivity index (χ4v) is 19.2. The highest BCUT2D eigenvalue weighted by Gasteiger charge is 2.72. The van der Waals surface area contributed by atoms with Crippen molar-refractivity contribution in [1.29, 1.82) is 0 Å². The van der Waals surface area contributed by atoms with E-state index in [-0.39, 0.29) is 41.1 Å². The van der Waals surface area contributed by atoms with Crippen LogP contribution in [0.1, 0.15) is 134 Å². The van der Waals surface area contributed by atoms with Gasteiger partial charge < -0.3 is 139 Å². The number of carbonyl (C=O) groups is 2. The third-order valence-corrected chi connectivity index (χ3v) is 25.1.